The molecule has 0 bridgehead atoms. The number of nitrogens with one attached hydrogen (secondary N) is 1. The summed E-state index contributed by atoms with van der Waals surface area (Å²) in [5.41, 5.74) is 0. The minimum Gasteiger partial charge on any atom is -0.756 e. The Kier molecular flexibility index (Phi) is 22.1. The summed E-state index contributed by atoms with van der Waals surface area (Å²) in [7, 11) is 1.28. The number of aliphatic hydroxyl groups is 1. The highest BCUT2D eigenvalue weighted by atomic mass is 31.2. The largest absolute Gasteiger partial charge is 0.756 e. The number of amides is 1. The first-order valence-electron chi connectivity index (χ1n) is 14.7. The number of unbranched alkanes of at least 4 members (excludes halogenated alkanes) is 8. The van der Waals surface area contributed by atoms with Crippen molar-refractivity contribution in [1.82, 2.24) is 5.32 Å². The minimum atomic E-state index is -4.53. The van der Waals surface area contributed by atoms with Crippen molar-refractivity contribution in [3.8, 4) is 0 Å². The second kappa shape index (κ2) is 22.8. The normalized spacial score (nSPS) is 15.7. The molecule has 0 aliphatic carbocycles. The van der Waals surface area contributed by atoms with Crippen molar-refractivity contribution >= 4 is 13.7 Å². The van der Waals surface area contributed by atoms with E-state index >= 15 is 0 Å². The first kappa shape index (κ1) is 37.0. The third-order valence-electron chi connectivity index (χ3n) is 6.17. The number of quaternary nitrogens is 1. The summed E-state index contributed by atoms with van der Waals surface area (Å²) in [6.45, 7) is 4.42. The van der Waals surface area contributed by atoms with Crippen LogP contribution in [0.4, 0.5) is 0 Å². The monoisotopic (exact) mass is 560 g/mol. The molecule has 0 fully saturated rings. The number of allylic oxidation sites excluding steroid dienone is 4. The summed E-state index contributed by atoms with van der Waals surface area (Å²) in [6.07, 6.45) is 21.1. The van der Waals surface area contributed by atoms with Gasteiger partial charge in [0, 0.05) is 6.42 Å². The summed E-state index contributed by atoms with van der Waals surface area (Å²) in [5.74, 6) is -0.195. The van der Waals surface area contributed by atoms with Crippen LogP contribution >= 0.6 is 7.82 Å². The first-order chi connectivity index (χ1) is 18.0. The van der Waals surface area contributed by atoms with Gasteiger partial charge in [-0.15, -0.1) is 0 Å². The fourth-order valence-corrected chi connectivity index (χ4v) is 4.44. The van der Waals surface area contributed by atoms with Crippen LogP contribution in [-0.4, -0.2) is 68.5 Å². The Morgan fingerprint density at radius 2 is 1.58 bits per heavy atom. The van der Waals surface area contributed by atoms with Gasteiger partial charge in [0.05, 0.1) is 39.9 Å². The Bertz CT molecular complexity index is 693. The van der Waals surface area contributed by atoms with E-state index in [9.17, 15) is 19.4 Å². The third kappa shape index (κ3) is 24.1. The van der Waals surface area contributed by atoms with E-state index < -0.39 is 20.0 Å². The fraction of sp³-hybridized carbons (Fsp3) is 0.828. The maximum Gasteiger partial charge on any atom is 0.268 e. The summed E-state index contributed by atoms with van der Waals surface area (Å²) in [4.78, 5) is 24.7. The number of aliphatic hydroxyl groups excluding tert-OH is 1. The van der Waals surface area contributed by atoms with E-state index in [-0.39, 0.29) is 19.1 Å². The molecule has 8 nitrogen and oxygen atoms in total. The van der Waals surface area contributed by atoms with Gasteiger partial charge in [0.15, 0.2) is 0 Å². The number of rotatable bonds is 25. The predicted molar refractivity (Wildman–Crippen MR) is 155 cm³/mol. The number of phosphoric acid groups is 1. The van der Waals surface area contributed by atoms with Crippen LogP contribution in [0.3, 0.4) is 0 Å². The number of hydrogen-bond donors (Lipinski definition) is 2. The van der Waals surface area contributed by atoms with Crippen LogP contribution in [0, 0.1) is 0 Å². The molecule has 0 aromatic heterocycles. The van der Waals surface area contributed by atoms with Crippen LogP contribution in [0.5, 0.6) is 0 Å². The second-order valence-corrected chi connectivity index (χ2v) is 12.5. The van der Waals surface area contributed by atoms with Gasteiger partial charge in [-0.1, -0.05) is 83.1 Å². The van der Waals surface area contributed by atoms with Gasteiger partial charge in [0.1, 0.15) is 13.2 Å². The molecule has 0 radical (unpaired) electrons. The minimum absolute atomic E-state index is 0.00698. The van der Waals surface area contributed by atoms with Crippen molar-refractivity contribution in [3.63, 3.8) is 0 Å². The average Bonchev–Trinajstić information content (AvgIpc) is 2.83. The maximum absolute atomic E-state index is 12.5. The lowest BCUT2D eigenvalue weighted by Crippen LogP contribution is -2.46. The smallest absolute Gasteiger partial charge is 0.268 e. The molecule has 224 valence electrons. The van der Waals surface area contributed by atoms with Crippen LogP contribution in [0.25, 0.3) is 0 Å². The fourth-order valence-electron chi connectivity index (χ4n) is 3.72. The van der Waals surface area contributed by atoms with Crippen molar-refractivity contribution < 1.29 is 32.9 Å². The highest BCUT2D eigenvalue weighted by Crippen LogP contribution is 2.38. The molecular weight excluding hydrogens is 503 g/mol. The molecule has 0 heterocycles. The van der Waals surface area contributed by atoms with Crippen LogP contribution in [0.2, 0.25) is 0 Å². The van der Waals surface area contributed by atoms with Gasteiger partial charge in [0.2, 0.25) is 5.91 Å². The van der Waals surface area contributed by atoms with Gasteiger partial charge in [-0.05, 0) is 38.5 Å². The lowest BCUT2D eigenvalue weighted by atomic mass is 10.0. The van der Waals surface area contributed by atoms with E-state index in [0.717, 1.165) is 70.6 Å². The van der Waals surface area contributed by atoms with E-state index in [1.54, 1.807) is 0 Å². The zero-order chi connectivity index (χ0) is 28.7. The molecule has 0 aromatic rings. The van der Waals surface area contributed by atoms with Gasteiger partial charge >= 0.3 is 0 Å². The van der Waals surface area contributed by atoms with Gasteiger partial charge in [-0.25, -0.2) is 0 Å². The number of likely N-dealkylation sites (N-methyl/N-ethyl adjacent to an activating group) is 1. The predicted octanol–water partition coefficient (Wildman–Crippen LogP) is 5.65. The zero-order valence-corrected chi connectivity index (χ0v) is 25.8. The highest BCUT2D eigenvalue weighted by molar-refractivity contribution is 7.45. The van der Waals surface area contributed by atoms with Crippen molar-refractivity contribution in [1.29, 1.82) is 0 Å². The van der Waals surface area contributed by atoms with Crippen molar-refractivity contribution in [2.24, 2.45) is 0 Å². The molecule has 0 aliphatic heterocycles. The summed E-state index contributed by atoms with van der Waals surface area (Å²) in [5, 5.41) is 13.4. The molecule has 0 spiro atoms. The summed E-state index contributed by atoms with van der Waals surface area (Å²) >= 11 is 0. The zero-order valence-electron chi connectivity index (χ0n) is 24.9. The maximum atomic E-state index is 12.5. The molecular formula is C29H57N2O6P. The van der Waals surface area contributed by atoms with Gasteiger partial charge < -0.3 is 28.8 Å². The lowest BCUT2D eigenvalue weighted by Gasteiger charge is -2.30. The van der Waals surface area contributed by atoms with Gasteiger partial charge in [0.25, 0.3) is 7.82 Å². The molecule has 0 rings (SSSR count). The Morgan fingerprint density at radius 1 is 0.921 bits per heavy atom. The Morgan fingerprint density at radius 3 is 2.24 bits per heavy atom. The number of phosphoric ester groups is 1. The van der Waals surface area contributed by atoms with Crippen molar-refractivity contribution in [2.75, 3.05) is 40.9 Å². The topological polar surface area (TPSA) is 108 Å². The number of hydrogen-bond acceptors (Lipinski definition) is 6. The average molecular weight is 561 g/mol. The van der Waals surface area contributed by atoms with E-state index in [0.29, 0.717) is 23.9 Å². The summed E-state index contributed by atoms with van der Waals surface area (Å²) in [6, 6.07) is -0.799. The highest BCUT2D eigenvalue weighted by Gasteiger charge is 2.24. The Hall–Kier alpha value is -1.02. The SMILES string of the molecule is CCC/C=C\C/C=C\CCCCCCCC(=O)NC(COP(=O)([O-])OCC[N+](C)(C)C)C(O)CCCCC. The number of nitrogens with zero attached hydrogens (tertiary/aromatic N) is 1. The van der Waals surface area contributed by atoms with E-state index in [4.69, 9.17) is 9.05 Å². The van der Waals surface area contributed by atoms with E-state index in [1.807, 2.05) is 21.1 Å². The van der Waals surface area contributed by atoms with Crippen molar-refractivity contribution in [2.45, 2.75) is 116 Å². The van der Waals surface area contributed by atoms with Gasteiger partial charge in [-0.2, -0.15) is 0 Å². The Balaban J connectivity index is 4.37. The first-order valence-corrected chi connectivity index (χ1v) is 16.1. The summed E-state index contributed by atoms with van der Waals surface area (Å²) < 4.78 is 22.7. The quantitative estimate of drug-likeness (QED) is 0.0646. The van der Waals surface area contributed by atoms with E-state index in [1.165, 1.54) is 6.42 Å². The molecule has 9 heteroatoms. The molecule has 2 N–H and O–H groups in total. The molecule has 0 saturated heterocycles. The van der Waals surface area contributed by atoms with Crippen LogP contribution < -0.4 is 10.2 Å². The molecule has 3 unspecified atom stereocenters. The number of carbonyl (C=O) groups is 1. The van der Waals surface area contributed by atoms with E-state index in [2.05, 4.69) is 43.5 Å². The standard InChI is InChI=1S/C29H57N2O6P/c1-6-8-10-11-12-13-14-15-16-17-18-19-21-23-29(33)30-27(28(32)22-20-9-7-2)26-37-38(34,35)36-25-24-31(3,4)5/h10-11,13-14,27-28,32H,6-9,12,15-26H2,1-5H3,(H-,30,33,34,35)/b11-10-,14-13-. The second-order valence-electron chi connectivity index (χ2n) is 11.1. The van der Waals surface area contributed by atoms with Crippen LogP contribution in [0.15, 0.2) is 24.3 Å². The number of carbonyl (C=O) groups excluding carboxylic acids is 1. The molecule has 38 heavy (non-hydrogen) atoms. The lowest BCUT2D eigenvalue weighted by molar-refractivity contribution is -0.870. The van der Waals surface area contributed by atoms with Gasteiger partial charge in [-0.3, -0.25) is 9.36 Å². The van der Waals surface area contributed by atoms with Crippen LogP contribution in [0.1, 0.15) is 104 Å². The molecule has 0 saturated carbocycles. The third-order valence-corrected chi connectivity index (χ3v) is 7.14. The molecule has 0 aromatic carbocycles. The van der Waals surface area contributed by atoms with Crippen molar-refractivity contribution in [3.05, 3.63) is 24.3 Å². The molecule has 3 atom stereocenters. The molecule has 1 amide bonds. The Labute approximate surface area is 233 Å². The van der Waals surface area contributed by atoms with Crippen LogP contribution in [-0.2, 0) is 18.4 Å². The molecule has 0 aliphatic rings.